The summed E-state index contributed by atoms with van der Waals surface area (Å²) in [6.07, 6.45) is 0. The number of rotatable bonds is 3. The normalized spacial score (nSPS) is 12.0. The lowest BCUT2D eigenvalue weighted by atomic mass is 10.0. The zero-order chi connectivity index (χ0) is 27.1. The maximum atomic E-state index is 13.4. The van der Waals surface area contributed by atoms with Crippen molar-refractivity contribution in [3.8, 4) is 5.69 Å². The summed E-state index contributed by atoms with van der Waals surface area (Å²) >= 11 is 0. The molecule has 0 amide bonds. The van der Waals surface area contributed by atoms with Crippen molar-refractivity contribution in [2.45, 2.75) is 0 Å². The van der Waals surface area contributed by atoms with Crippen molar-refractivity contribution in [2.75, 3.05) is 0 Å². The largest absolute Gasteiger partial charge is 0.456 e. The van der Waals surface area contributed by atoms with Crippen molar-refractivity contribution in [1.82, 2.24) is 4.57 Å². The Morgan fingerprint density at radius 2 is 0.976 bits per heavy atom. The van der Waals surface area contributed by atoms with E-state index in [4.69, 9.17) is 8.83 Å². The fraction of sp³-hybridized carbons (Fsp3) is 0. The molecule has 0 spiro atoms. The summed E-state index contributed by atoms with van der Waals surface area (Å²) in [7, 11) is 0. The summed E-state index contributed by atoms with van der Waals surface area (Å²) in [5, 5.41) is 6.40. The highest BCUT2D eigenvalue weighted by Crippen LogP contribution is 2.41. The van der Waals surface area contributed by atoms with E-state index in [2.05, 4.69) is 47.0 Å². The van der Waals surface area contributed by atoms with Crippen molar-refractivity contribution >= 4 is 71.5 Å². The first-order valence-electron chi connectivity index (χ1n) is 13.6. The van der Waals surface area contributed by atoms with Gasteiger partial charge in [-0.3, -0.25) is 4.79 Å². The van der Waals surface area contributed by atoms with E-state index < -0.39 is 0 Å². The van der Waals surface area contributed by atoms with Gasteiger partial charge in [0.15, 0.2) is 5.78 Å². The lowest BCUT2D eigenvalue weighted by Crippen LogP contribution is -2.03. The molecule has 192 valence electrons. The Labute approximate surface area is 233 Å². The van der Waals surface area contributed by atoms with Gasteiger partial charge in [0, 0.05) is 49.1 Å². The Morgan fingerprint density at radius 1 is 0.439 bits per heavy atom. The average Bonchev–Trinajstić information content (AvgIpc) is 3.67. The highest BCUT2D eigenvalue weighted by atomic mass is 16.3. The molecule has 0 aliphatic rings. The summed E-state index contributed by atoms with van der Waals surface area (Å²) in [5.74, 6) is -0.000319. The van der Waals surface area contributed by atoms with Gasteiger partial charge in [-0.15, -0.1) is 0 Å². The van der Waals surface area contributed by atoms with Gasteiger partial charge in [-0.25, -0.2) is 0 Å². The van der Waals surface area contributed by atoms with E-state index in [-0.39, 0.29) is 5.78 Å². The van der Waals surface area contributed by atoms with Crippen LogP contribution in [-0.4, -0.2) is 10.4 Å². The molecule has 0 saturated heterocycles. The van der Waals surface area contributed by atoms with Crippen LogP contribution in [0.15, 0.2) is 136 Å². The summed E-state index contributed by atoms with van der Waals surface area (Å²) in [6.45, 7) is 0. The Bertz CT molecular complexity index is 2360. The van der Waals surface area contributed by atoms with Crippen LogP contribution in [0, 0.1) is 0 Å². The van der Waals surface area contributed by atoms with Gasteiger partial charge >= 0.3 is 0 Å². The van der Waals surface area contributed by atoms with Gasteiger partial charge in [0.1, 0.15) is 22.3 Å². The minimum absolute atomic E-state index is 0.000319. The summed E-state index contributed by atoms with van der Waals surface area (Å²) in [6, 6.07) is 42.3. The number of benzene rings is 6. The number of furan rings is 2. The van der Waals surface area contributed by atoms with E-state index in [0.717, 1.165) is 71.4 Å². The van der Waals surface area contributed by atoms with Crippen molar-refractivity contribution in [3.05, 3.63) is 139 Å². The number of hydrogen-bond acceptors (Lipinski definition) is 3. The zero-order valence-electron chi connectivity index (χ0n) is 21.8. The molecular weight excluding hydrogens is 506 g/mol. The Morgan fingerprint density at radius 3 is 1.59 bits per heavy atom. The standard InChI is InChI=1S/C37H21NO3/c39-37(22-9-2-1-3-10-22)23-11-8-12-24(17-23)38-31-18-29-25-13-4-6-15-33(25)40-35(29)20-27(31)28-21-36-30(19-32(28)38)26-14-5-7-16-34(26)41-36/h1-21H. The maximum Gasteiger partial charge on any atom is 0.193 e. The molecular formula is C37H21NO3. The number of para-hydroxylation sites is 2. The van der Waals surface area contributed by atoms with E-state index in [0.29, 0.717) is 11.1 Å². The number of nitrogens with zero attached hydrogens (tertiary/aromatic N) is 1. The highest BCUT2D eigenvalue weighted by molar-refractivity contribution is 6.21. The summed E-state index contributed by atoms with van der Waals surface area (Å²) < 4.78 is 14.8. The SMILES string of the molecule is O=C(c1ccccc1)c1cccc(-n2c3cc4c(cc3c3cc5oc6ccccc6c5cc32)oc2ccccc24)c1. The second-order valence-electron chi connectivity index (χ2n) is 10.5. The van der Waals surface area contributed by atoms with Gasteiger partial charge < -0.3 is 13.4 Å². The molecule has 4 nitrogen and oxygen atoms in total. The molecule has 0 aliphatic heterocycles. The van der Waals surface area contributed by atoms with E-state index in [1.54, 1.807) is 0 Å². The minimum Gasteiger partial charge on any atom is -0.456 e. The maximum absolute atomic E-state index is 13.4. The van der Waals surface area contributed by atoms with Crippen molar-refractivity contribution in [2.24, 2.45) is 0 Å². The number of fused-ring (bicyclic) bond motifs is 9. The van der Waals surface area contributed by atoms with Crippen LogP contribution in [0.1, 0.15) is 15.9 Å². The number of hydrogen-bond donors (Lipinski definition) is 0. The monoisotopic (exact) mass is 527 g/mol. The van der Waals surface area contributed by atoms with Crippen LogP contribution in [0.2, 0.25) is 0 Å². The lowest BCUT2D eigenvalue weighted by molar-refractivity contribution is 0.103. The van der Waals surface area contributed by atoms with Crippen molar-refractivity contribution in [3.63, 3.8) is 0 Å². The van der Waals surface area contributed by atoms with Gasteiger partial charge in [0.05, 0.1) is 11.0 Å². The molecule has 0 bridgehead atoms. The Hall–Kier alpha value is -5.61. The molecule has 0 radical (unpaired) electrons. The van der Waals surface area contributed by atoms with Crippen LogP contribution in [0.25, 0.3) is 71.4 Å². The average molecular weight is 528 g/mol. The predicted molar refractivity (Wildman–Crippen MR) is 165 cm³/mol. The molecule has 3 aromatic heterocycles. The lowest BCUT2D eigenvalue weighted by Gasteiger charge is -2.10. The second kappa shape index (κ2) is 8.20. The predicted octanol–water partition coefficient (Wildman–Crippen LogP) is 9.81. The first-order chi connectivity index (χ1) is 20.2. The molecule has 9 aromatic rings. The molecule has 4 heteroatoms. The molecule has 0 unspecified atom stereocenters. The second-order valence-corrected chi connectivity index (χ2v) is 10.5. The molecule has 0 N–H and O–H groups in total. The van der Waals surface area contributed by atoms with Gasteiger partial charge in [-0.2, -0.15) is 0 Å². The number of aromatic nitrogens is 1. The fourth-order valence-corrected chi connectivity index (χ4v) is 6.27. The first kappa shape index (κ1) is 22.2. The molecule has 0 saturated carbocycles. The van der Waals surface area contributed by atoms with Crippen molar-refractivity contribution in [1.29, 1.82) is 0 Å². The molecule has 3 heterocycles. The summed E-state index contributed by atoms with van der Waals surface area (Å²) in [4.78, 5) is 13.4. The number of ketones is 1. The first-order valence-corrected chi connectivity index (χ1v) is 13.6. The molecule has 6 aromatic carbocycles. The Balaban J connectivity index is 1.39. The molecule has 0 atom stereocenters. The van der Waals surface area contributed by atoms with Crippen LogP contribution in [0.5, 0.6) is 0 Å². The fourth-order valence-electron chi connectivity index (χ4n) is 6.27. The smallest absolute Gasteiger partial charge is 0.193 e. The topological polar surface area (TPSA) is 48.3 Å². The van der Waals surface area contributed by atoms with Gasteiger partial charge in [-0.1, -0.05) is 78.9 Å². The zero-order valence-corrected chi connectivity index (χ0v) is 21.8. The third-order valence-corrected chi connectivity index (χ3v) is 8.16. The van der Waals surface area contributed by atoms with Gasteiger partial charge in [-0.05, 0) is 48.5 Å². The molecule has 0 fully saturated rings. The van der Waals surface area contributed by atoms with Crippen LogP contribution in [0.4, 0.5) is 0 Å². The Kier molecular flexibility index (Phi) is 4.44. The van der Waals surface area contributed by atoms with Crippen LogP contribution >= 0.6 is 0 Å². The van der Waals surface area contributed by atoms with E-state index in [1.165, 1.54) is 0 Å². The summed E-state index contributed by atoms with van der Waals surface area (Å²) in [5.41, 5.74) is 7.73. The van der Waals surface area contributed by atoms with E-state index in [9.17, 15) is 4.79 Å². The third kappa shape index (κ3) is 3.19. The van der Waals surface area contributed by atoms with Gasteiger partial charge in [0.25, 0.3) is 0 Å². The quantitative estimate of drug-likeness (QED) is 0.215. The molecule has 9 rings (SSSR count). The van der Waals surface area contributed by atoms with E-state index >= 15 is 0 Å². The molecule has 0 aliphatic carbocycles. The number of carbonyl (C=O) groups excluding carboxylic acids is 1. The van der Waals surface area contributed by atoms with E-state index in [1.807, 2.05) is 84.9 Å². The minimum atomic E-state index is -0.000319. The number of carbonyl (C=O) groups is 1. The van der Waals surface area contributed by atoms with Crippen LogP contribution in [-0.2, 0) is 0 Å². The van der Waals surface area contributed by atoms with Crippen molar-refractivity contribution < 1.29 is 13.6 Å². The van der Waals surface area contributed by atoms with Gasteiger partial charge in [0.2, 0.25) is 0 Å². The van der Waals surface area contributed by atoms with Crippen LogP contribution < -0.4 is 0 Å². The van der Waals surface area contributed by atoms with Crippen LogP contribution in [0.3, 0.4) is 0 Å². The molecule has 41 heavy (non-hydrogen) atoms. The third-order valence-electron chi connectivity index (χ3n) is 8.16. The highest BCUT2D eigenvalue weighted by Gasteiger charge is 2.20.